The molecule has 26 heavy (non-hydrogen) atoms. The van der Waals surface area contributed by atoms with Crippen molar-refractivity contribution >= 4 is 5.91 Å². The average Bonchev–Trinajstić information content (AvgIpc) is 3.15. The molecule has 0 aliphatic rings. The van der Waals surface area contributed by atoms with Gasteiger partial charge in [-0.1, -0.05) is 24.3 Å². The summed E-state index contributed by atoms with van der Waals surface area (Å²) < 4.78 is 19.0. The Labute approximate surface area is 151 Å². The number of aromatic nitrogens is 1. The zero-order valence-corrected chi connectivity index (χ0v) is 14.3. The Kier molecular flexibility index (Phi) is 6.11. The summed E-state index contributed by atoms with van der Waals surface area (Å²) in [5.74, 6) is 0.257. The van der Waals surface area contributed by atoms with Crippen molar-refractivity contribution in [3.8, 4) is 0 Å². The molecule has 1 amide bonds. The number of benzene rings is 1. The van der Waals surface area contributed by atoms with E-state index >= 15 is 0 Å². The van der Waals surface area contributed by atoms with Crippen molar-refractivity contribution in [1.82, 2.24) is 15.2 Å². The van der Waals surface area contributed by atoms with Crippen molar-refractivity contribution in [2.45, 2.75) is 19.6 Å². The zero-order chi connectivity index (χ0) is 18.2. The number of hydrogen-bond donors (Lipinski definition) is 1. The van der Waals surface area contributed by atoms with Crippen molar-refractivity contribution in [2.75, 3.05) is 6.54 Å². The van der Waals surface area contributed by atoms with Crippen LogP contribution in [-0.2, 0) is 24.4 Å². The van der Waals surface area contributed by atoms with Crippen LogP contribution >= 0.6 is 0 Å². The minimum absolute atomic E-state index is 0.156. The number of amides is 1. The number of halogens is 1. The second kappa shape index (κ2) is 8.92. The minimum Gasteiger partial charge on any atom is -0.468 e. The highest BCUT2D eigenvalue weighted by molar-refractivity contribution is 5.78. The summed E-state index contributed by atoms with van der Waals surface area (Å²) in [5, 5.41) is 2.76. The SMILES string of the molecule is O=C(CN(Cc1ccccn1)Cc1ccco1)NCc1ccccc1F. The molecule has 1 aromatic carbocycles. The van der Waals surface area contributed by atoms with Gasteiger partial charge in [-0.3, -0.25) is 14.7 Å². The molecule has 3 rings (SSSR count). The third kappa shape index (κ3) is 5.26. The van der Waals surface area contributed by atoms with Gasteiger partial charge in [-0.05, 0) is 30.3 Å². The van der Waals surface area contributed by atoms with Crippen LogP contribution in [0.5, 0.6) is 0 Å². The lowest BCUT2D eigenvalue weighted by Crippen LogP contribution is -2.36. The van der Waals surface area contributed by atoms with Crippen LogP contribution in [0.15, 0.2) is 71.5 Å². The van der Waals surface area contributed by atoms with Crippen LogP contribution in [0.2, 0.25) is 0 Å². The quantitative estimate of drug-likeness (QED) is 0.676. The average molecular weight is 353 g/mol. The molecule has 0 aliphatic carbocycles. The van der Waals surface area contributed by atoms with Gasteiger partial charge in [0, 0.05) is 24.8 Å². The van der Waals surface area contributed by atoms with E-state index in [-0.39, 0.29) is 24.8 Å². The Morgan fingerprint density at radius 1 is 1.08 bits per heavy atom. The highest BCUT2D eigenvalue weighted by Crippen LogP contribution is 2.09. The largest absolute Gasteiger partial charge is 0.468 e. The molecule has 0 fully saturated rings. The molecule has 1 N–H and O–H groups in total. The molecule has 0 aliphatic heterocycles. The number of nitrogens with one attached hydrogen (secondary N) is 1. The van der Waals surface area contributed by atoms with Crippen LogP contribution in [0.1, 0.15) is 17.0 Å². The Morgan fingerprint density at radius 2 is 1.92 bits per heavy atom. The maximum atomic E-state index is 13.7. The fourth-order valence-electron chi connectivity index (χ4n) is 2.61. The van der Waals surface area contributed by atoms with Gasteiger partial charge in [0.05, 0.1) is 25.0 Å². The summed E-state index contributed by atoms with van der Waals surface area (Å²) in [4.78, 5) is 18.6. The maximum absolute atomic E-state index is 13.7. The number of nitrogens with zero attached hydrogens (tertiary/aromatic N) is 2. The van der Waals surface area contributed by atoms with E-state index in [2.05, 4.69) is 10.3 Å². The fraction of sp³-hybridized carbons (Fsp3) is 0.200. The fourth-order valence-corrected chi connectivity index (χ4v) is 2.61. The highest BCUT2D eigenvalue weighted by Gasteiger charge is 2.14. The predicted molar refractivity (Wildman–Crippen MR) is 95.3 cm³/mol. The molecular weight excluding hydrogens is 333 g/mol. The third-order valence-electron chi connectivity index (χ3n) is 3.87. The Bertz CT molecular complexity index is 822. The first-order valence-electron chi connectivity index (χ1n) is 8.35. The second-order valence-corrected chi connectivity index (χ2v) is 5.91. The van der Waals surface area contributed by atoms with E-state index in [1.807, 2.05) is 35.2 Å². The Balaban J connectivity index is 1.60. The molecule has 2 aromatic heterocycles. The lowest BCUT2D eigenvalue weighted by atomic mass is 10.2. The van der Waals surface area contributed by atoms with Crippen LogP contribution in [0.3, 0.4) is 0 Å². The standard InChI is InChI=1S/C20H20FN3O2/c21-19-9-2-1-6-16(19)12-23-20(25)15-24(14-18-8-5-11-26-18)13-17-7-3-4-10-22-17/h1-11H,12-15H2,(H,23,25). The summed E-state index contributed by atoms with van der Waals surface area (Å²) in [7, 11) is 0. The van der Waals surface area contributed by atoms with E-state index in [1.165, 1.54) is 6.07 Å². The topological polar surface area (TPSA) is 58.4 Å². The summed E-state index contributed by atoms with van der Waals surface area (Å²) >= 11 is 0. The molecule has 5 nitrogen and oxygen atoms in total. The van der Waals surface area contributed by atoms with Crippen molar-refractivity contribution in [3.05, 3.63) is 89.9 Å². The number of carbonyl (C=O) groups excluding carboxylic acids is 1. The molecule has 3 aromatic rings. The van der Waals surface area contributed by atoms with Gasteiger partial charge in [-0.2, -0.15) is 0 Å². The summed E-state index contributed by atoms with van der Waals surface area (Å²) in [6.45, 7) is 1.31. The molecule has 0 saturated carbocycles. The van der Waals surface area contributed by atoms with E-state index in [0.29, 0.717) is 18.7 Å². The van der Waals surface area contributed by atoms with Crippen molar-refractivity contribution in [1.29, 1.82) is 0 Å². The first-order valence-corrected chi connectivity index (χ1v) is 8.35. The van der Waals surface area contributed by atoms with E-state index in [9.17, 15) is 9.18 Å². The van der Waals surface area contributed by atoms with Gasteiger partial charge >= 0.3 is 0 Å². The number of pyridine rings is 1. The van der Waals surface area contributed by atoms with Gasteiger partial charge in [0.2, 0.25) is 5.91 Å². The molecule has 0 radical (unpaired) electrons. The lowest BCUT2D eigenvalue weighted by Gasteiger charge is -2.20. The molecule has 6 heteroatoms. The van der Waals surface area contributed by atoms with E-state index in [1.54, 1.807) is 30.7 Å². The van der Waals surface area contributed by atoms with Crippen LogP contribution in [0.4, 0.5) is 4.39 Å². The van der Waals surface area contributed by atoms with Crippen molar-refractivity contribution < 1.29 is 13.6 Å². The van der Waals surface area contributed by atoms with Crippen LogP contribution < -0.4 is 5.32 Å². The highest BCUT2D eigenvalue weighted by atomic mass is 19.1. The number of rotatable bonds is 8. The van der Waals surface area contributed by atoms with Crippen molar-refractivity contribution in [2.24, 2.45) is 0 Å². The van der Waals surface area contributed by atoms with Gasteiger partial charge in [0.15, 0.2) is 0 Å². The molecular formula is C20H20FN3O2. The molecule has 0 spiro atoms. The van der Waals surface area contributed by atoms with Gasteiger partial charge in [-0.25, -0.2) is 4.39 Å². The smallest absolute Gasteiger partial charge is 0.234 e. The number of furan rings is 1. The van der Waals surface area contributed by atoms with E-state index in [4.69, 9.17) is 4.42 Å². The van der Waals surface area contributed by atoms with Gasteiger partial charge in [0.1, 0.15) is 11.6 Å². The van der Waals surface area contributed by atoms with Gasteiger partial charge < -0.3 is 9.73 Å². The lowest BCUT2D eigenvalue weighted by molar-refractivity contribution is -0.122. The molecule has 0 saturated heterocycles. The van der Waals surface area contributed by atoms with Crippen LogP contribution in [0, 0.1) is 5.82 Å². The van der Waals surface area contributed by atoms with E-state index in [0.717, 1.165) is 11.5 Å². The number of hydrogen-bond acceptors (Lipinski definition) is 4. The molecule has 0 bridgehead atoms. The van der Waals surface area contributed by atoms with Crippen molar-refractivity contribution in [3.63, 3.8) is 0 Å². The normalized spacial score (nSPS) is 10.8. The predicted octanol–water partition coefficient (Wildman–Crippen LogP) is 3.13. The zero-order valence-electron chi connectivity index (χ0n) is 14.3. The first-order chi connectivity index (χ1) is 12.7. The third-order valence-corrected chi connectivity index (χ3v) is 3.87. The van der Waals surface area contributed by atoms with Crippen LogP contribution in [-0.4, -0.2) is 22.3 Å². The summed E-state index contributed by atoms with van der Waals surface area (Å²) in [5.41, 5.74) is 1.32. The van der Waals surface area contributed by atoms with Gasteiger partial charge in [0.25, 0.3) is 0 Å². The Morgan fingerprint density at radius 3 is 2.65 bits per heavy atom. The van der Waals surface area contributed by atoms with E-state index < -0.39 is 0 Å². The summed E-state index contributed by atoms with van der Waals surface area (Å²) in [6.07, 6.45) is 3.32. The molecule has 2 heterocycles. The Hall–Kier alpha value is -2.99. The maximum Gasteiger partial charge on any atom is 0.234 e. The van der Waals surface area contributed by atoms with Gasteiger partial charge in [-0.15, -0.1) is 0 Å². The monoisotopic (exact) mass is 353 g/mol. The molecule has 0 atom stereocenters. The molecule has 0 unspecified atom stereocenters. The first kappa shape index (κ1) is 17.8. The number of carbonyl (C=O) groups is 1. The van der Waals surface area contributed by atoms with Crippen LogP contribution in [0.25, 0.3) is 0 Å². The second-order valence-electron chi connectivity index (χ2n) is 5.91. The minimum atomic E-state index is -0.325. The summed E-state index contributed by atoms with van der Waals surface area (Å²) in [6, 6.07) is 15.7. The molecule has 134 valence electrons.